The molecule has 2 saturated heterocycles. The lowest BCUT2D eigenvalue weighted by atomic mass is 9.92. The maximum absolute atomic E-state index is 12.9. The molecular formula is C19H25N3O2. The Hall–Kier alpha value is -1.88. The molecule has 0 radical (unpaired) electrons. The Morgan fingerprint density at radius 2 is 2.04 bits per heavy atom. The molecule has 1 aromatic rings. The van der Waals surface area contributed by atoms with Crippen LogP contribution in [0.3, 0.4) is 0 Å². The summed E-state index contributed by atoms with van der Waals surface area (Å²) in [7, 11) is 0. The van der Waals surface area contributed by atoms with Crippen LogP contribution in [0.25, 0.3) is 0 Å². The number of hydrogen-bond acceptors (Lipinski definition) is 3. The van der Waals surface area contributed by atoms with Gasteiger partial charge in [0.15, 0.2) is 0 Å². The molecule has 2 atom stereocenters. The first-order chi connectivity index (χ1) is 11.6. The number of amides is 2. The lowest BCUT2D eigenvalue weighted by Crippen LogP contribution is -2.48. The smallest absolute Gasteiger partial charge is 0.255 e. The molecule has 3 aliphatic rings. The predicted octanol–water partition coefficient (Wildman–Crippen LogP) is 2.04. The van der Waals surface area contributed by atoms with Crippen molar-refractivity contribution in [3.05, 3.63) is 34.4 Å². The second-order valence-electron chi connectivity index (χ2n) is 7.30. The summed E-state index contributed by atoms with van der Waals surface area (Å²) in [4.78, 5) is 26.2. The van der Waals surface area contributed by atoms with Gasteiger partial charge in [0.1, 0.15) is 0 Å². The maximum atomic E-state index is 12.9. The van der Waals surface area contributed by atoms with Crippen LogP contribution in [0, 0.1) is 6.92 Å². The second-order valence-corrected chi connectivity index (χ2v) is 7.30. The van der Waals surface area contributed by atoms with Crippen molar-refractivity contribution >= 4 is 11.8 Å². The Morgan fingerprint density at radius 1 is 1.17 bits per heavy atom. The summed E-state index contributed by atoms with van der Waals surface area (Å²) >= 11 is 0. The summed E-state index contributed by atoms with van der Waals surface area (Å²) in [6, 6.07) is 4.95. The number of nitrogens with zero attached hydrogens (tertiary/aromatic N) is 1. The first-order valence-corrected chi connectivity index (χ1v) is 9.08. The molecule has 2 N–H and O–H groups in total. The lowest BCUT2D eigenvalue weighted by Gasteiger charge is -2.31. The predicted molar refractivity (Wildman–Crippen MR) is 91.7 cm³/mol. The Morgan fingerprint density at radius 3 is 2.75 bits per heavy atom. The highest BCUT2D eigenvalue weighted by Gasteiger charge is 2.36. The lowest BCUT2D eigenvalue weighted by molar-refractivity contribution is -0.123. The molecule has 0 aliphatic carbocycles. The summed E-state index contributed by atoms with van der Waals surface area (Å²) in [5.41, 5.74) is 4.44. The van der Waals surface area contributed by atoms with Crippen molar-refractivity contribution in [2.45, 2.75) is 57.7 Å². The monoisotopic (exact) mass is 327 g/mol. The fourth-order valence-corrected chi connectivity index (χ4v) is 4.34. The molecule has 2 amide bonds. The highest BCUT2D eigenvalue weighted by Crippen LogP contribution is 2.33. The number of hydrogen-bond donors (Lipinski definition) is 2. The molecule has 0 aromatic heterocycles. The van der Waals surface area contributed by atoms with Crippen molar-refractivity contribution in [1.29, 1.82) is 0 Å². The summed E-state index contributed by atoms with van der Waals surface area (Å²) in [5, 5.41) is 6.49. The Balaban J connectivity index is 1.58. The van der Waals surface area contributed by atoms with Crippen molar-refractivity contribution in [2.75, 3.05) is 13.1 Å². The van der Waals surface area contributed by atoms with Gasteiger partial charge >= 0.3 is 0 Å². The summed E-state index contributed by atoms with van der Waals surface area (Å²) in [6.45, 7) is 4.38. The van der Waals surface area contributed by atoms with Gasteiger partial charge in [-0.3, -0.25) is 9.59 Å². The third kappa shape index (κ3) is 2.71. The number of piperidine rings is 2. The van der Waals surface area contributed by atoms with Crippen LogP contribution < -0.4 is 10.6 Å². The van der Waals surface area contributed by atoms with E-state index in [0.29, 0.717) is 25.6 Å². The number of benzene rings is 1. The van der Waals surface area contributed by atoms with Crippen LogP contribution in [-0.4, -0.2) is 35.8 Å². The molecule has 0 saturated carbocycles. The number of aryl methyl sites for hydroxylation is 1. The largest absolute Gasteiger partial charge is 0.354 e. The van der Waals surface area contributed by atoms with E-state index >= 15 is 0 Å². The fourth-order valence-electron chi connectivity index (χ4n) is 4.34. The second kappa shape index (κ2) is 6.20. The van der Waals surface area contributed by atoms with Crippen molar-refractivity contribution in [3.8, 4) is 0 Å². The van der Waals surface area contributed by atoms with Gasteiger partial charge in [-0.2, -0.15) is 0 Å². The molecule has 2 fully saturated rings. The van der Waals surface area contributed by atoms with Crippen LogP contribution in [0.15, 0.2) is 12.1 Å². The van der Waals surface area contributed by atoms with Gasteiger partial charge in [-0.15, -0.1) is 0 Å². The van der Waals surface area contributed by atoms with E-state index in [2.05, 4.69) is 29.7 Å². The van der Waals surface area contributed by atoms with E-state index in [1.165, 1.54) is 24.8 Å². The SMILES string of the molecule is Cc1cc(C2CCCCN2)cc2c1C(=O)N(C1CCC(=O)NC1)C2. The van der Waals surface area contributed by atoms with Gasteiger partial charge in [-0.25, -0.2) is 0 Å². The van der Waals surface area contributed by atoms with Crippen LogP contribution in [0.5, 0.6) is 0 Å². The van der Waals surface area contributed by atoms with Crippen LogP contribution >= 0.6 is 0 Å². The fraction of sp³-hybridized carbons (Fsp3) is 0.579. The van der Waals surface area contributed by atoms with Gasteiger partial charge in [-0.1, -0.05) is 18.6 Å². The first-order valence-electron chi connectivity index (χ1n) is 9.08. The summed E-state index contributed by atoms with van der Waals surface area (Å²) < 4.78 is 0. The zero-order valence-electron chi connectivity index (χ0n) is 14.2. The van der Waals surface area contributed by atoms with E-state index in [-0.39, 0.29) is 17.9 Å². The average Bonchev–Trinajstić information content (AvgIpc) is 2.93. The Kier molecular flexibility index (Phi) is 4.04. The van der Waals surface area contributed by atoms with Crippen LogP contribution in [0.2, 0.25) is 0 Å². The van der Waals surface area contributed by atoms with Gasteiger partial charge in [0.05, 0.1) is 6.04 Å². The molecule has 2 unspecified atom stereocenters. The van der Waals surface area contributed by atoms with Gasteiger partial charge in [0.25, 0.3) is 5.91 Å². The maximum Gasteiger partial charge on any atom is 0.255 e. The number of carbonyl (C=O) groups excluding carboxylic acids is 2. The molecule has 128 valence electrons. The summed E-state index contributed by atoms with van der Waals surface area (Å²) in [6.07, 6.45) is 4.97. The minimum Gasteiger partial charge on any atom is -0.354 e. The molecule has 3 heterocycles. The van der Waals surface area contributed by atoms with E-state index in [0.717, 1.165) is 29.7 Å². The Labute approximate surface area is 142 Å². The zero-order valence-corrected chi connectivity index (χ0v) is 14.2. The van der Waals surface area contributed by atoms with Crippen molar-refractivity contribution in [1.82, 2.24) is 15.5 Å². The van der Waals surface area contributed by atoms with Crippen LogP contribution in [-0.2, 0) is 11.3 Å². The molecule has 0 bridgehead atoms. The van der Waals surface area contributed by atoms with Gasteiger partial charge in [0.2, 0.25) is 5.91 Å². The molecule has 1 aromatic carbocycles. The van der Waals surface area contributed by atoms with Gasteiger partial charge < -0.3 is 15.5 Å². The van der Waals surface area contributed by atoms with E-state index < -0.39 is 0 Å². The van der Waals surface area contributed by atoms with Crippen molar-refractivity contribution in [2.24, 2.45) is 0 Å². The minimum absolute atomic E-state index is 0.0947. The van der Waals surface area contributed by atoms with E-state index in [1.807, 2.05) is 4.90 Å². The van der Waals surface area contributed by atoms with E-state index in [4.69, 9.17) is 0 Å². The normalized spacial score (nSPS) is 27.1. The van der Waals surface area contributed by atoms with Gasteiger partial charge in [0, 0.05) is 31.1 Å². The van der Waals surface area contributed by atoms with Crippen molar-refractivity contribution < 1.29 is 9.59 Å². The third-order valence-corrected chi connectivity index (χ3v) is 5.65. The average molecular weight is 327 g/mol. The quantitative estimate of drug-likeness (QED) is 0.874. The van der Waals surface area contributed by atoms with Crippen LogP contribution in [0.1, 0.15) is 65.2 Å². The zero-order chi connectivity index (χ0) is 16.7. The standard InChI is InChI=1S/C19H25N3O2/c1-12-8-13(16-4-2-3-7-20-16)9-14-11-22(19(24)18(12)14)15-5-6-17(23)21-10-15/h8-9,15-16,20H,2-7,10-11H2,1H3,(H,21,23). The molecular weight excluding hydrogens is 302 g/mol. The number of fused-ring (bicyclic) bond motifs is 1. The molecule has 0 spiro atoms. The molecule has 5 heteroatoms. The van der Waals surface area contributed by atoms with Crippen LogP contribution in [0.4, 0.5) is 0 Å². The summed E-state index contributed by atoms with van der Waals surface area (Å²) in [5.74, 6) is 0.226. The third-order valence-electron chi connectivity index (χ3n) is 5.65. The number of carbonyl (C=O) groups is 2. The highest BCUT2D eigenvalue weighted by molar-refractivity contribution is 6.00. The Bertz CT molecular complexity index is 669. The highest BCUT2D eigenvalue weighted by atomic mass is 16.2. The van der Waals surface area contributed by atoms with Crippen molar-refractivity contribution in [3.63, 3.8) is 0 Å². The number of nitrogens with one attached hydrogen (secondary N) is 2. The molecule has 4 rings (SSSR count). The van der Waals surface area contributed by atoms with E-state index in [1.54, 1.807) is 0 Å². The topological polar surface area (TPSA) is 61.4 Å². The van der Waals surface area contributed by atoms with Gasteiger partial charge in [-0.05, 0) is 49.4 Å². The minimum atomic E-state index is 0.0947. The van der Waals surface area contributed by atoms with E-state index in [9.17, 15) is 9.59 Å². The molecule has 5 nitrogen and oxygen atoms in total. The molecule has 3 aliphatic heterocycles. The first kappa shape index (κ1) is 15.6. The molecule has 24 heavy (non-hydrogen) atoms. The number of rotatable bonds is 2.